The normalized spacial score (nSPS) is 16.8. The Morgan fingerprint density at radius 1 is 0.878 bits per heavy atom. The van der Waals surface area contributed by atoms with Gasteiger partial charge in [-0.05, 0) is 42.5 Å². The van der Waals surface area contributed by atoms with Gasteiger partial charge in [0.15, 0.2) is 0 Å². The molecule has 0 unspecified atom stereocenters. The summed E-state index contributed by atoms with van der Waals surface area (Å²) in [6.07, 6.45) is 4.49. The van der Waals surface area contributed by atoms with Gasteiger partial charge in [0, 0.05) is 32.0 Å². The Morgan fingerprint density at radius 3 is 2.15 bits per heavy atom. The Labute approximate surface area is 241 Å². The number of fused-ring (bicyclic) bond motifs is 1. The van der Waals surface area contributed by atoms with Crippen LogP contribution in [0.5, 0.6) is 0 Å². The highest BCUT2D eigenvalue weighted by Crippen LogP contribution is 2.30. The molecule has 3 aromatic rings. The standard InChI is InChI=1S/C32H35N3O5S/c36-30(20-11-21-35-32(38)27-18-9-10-19-29(27)41(35,39)40)34(23-25-14-5-2-6-15-25)28(22-24-12-3-1-4-13-24)31(37)33-26-16-7-8-17-26/h1-6,9-10,12-15,18-19,26,28H,7-8,11,16-17,20-23H2,(H,33,37)/t28-/m0/s1. The molecule has 1 fully saturated rings. The summed E-state index contributed by atoms with van der Waals surface area (Å²) in [7, 11) is -3.95. The quantitative estimate of drug-likeness (QED) is 0.368. The predicted molar refractivity (Wildman–Crippen MR) is 155 cm³/mol. The molecule has 1 atom stereocenters. The van der Waals surface area contributed by atoms with Gasteiger partial charge in [-0.1, -0.05) is 85.6 Å². The molecule has 2 aliphatic rings. The minimum absolute atomic E-state index is 0.00598. The van der Waals surface area contributed by atoms with Crippen LogP contribution in [0.1, 0.15) is 60.0 Å². The largest absolute Gasteiger partial charge is 0.352 e. The molecule has 0 saturated heterocycles. The summed E-state index contributed by atoms with van der Waals surface area (Å²) >= 11 is 0. The lowest BCUT2D eigenvalue weighted by Gasteiger charge is -2.32. The van der Waals surface area contributed by atoms with E-state index in [0.29, 0.717) is 6.42 Å². The number of benzene rings is 3. The average molecular weight is 574 g/mol. The van der Waals surface area contributed by atoms with Crippen LogP contribution in [0.15, 0.2) is 89.8 Å². The number of amides is 3. The molecule has 1 aliphatic heterocycles. The van der Waals surface area contributed by atoms with E-state index < -0.39 is 22.0 Å². The van der Waals surface area contributed by atoms with Crippen LogP contribution in [0, 0.1) is 0 Å². The molecule has 1 saturated carbocycles. The van der Waals surface area contributed by atoms with Gasteiger partial charge in [0.25, 0.3) is 15.9 Å². The highest BCUT2D eigenvalue weighted by Gasteiger charge is 2.40. The van der Waals surface area contributed by atoms with Crippen LogP contribution in [-0.2, 0) is 32.6 Å². The first-order chi connectivity index (χ1) is 19.8. The maximum atomic E-state index is 13.8. The monoisotopic (exact) mass is 573 g/mol. The van der Waals surface area contributed by atoms with Gasteiger partial charge in [-0.25, -0.2) is 12.7 Å². The van der Waals surface area contributed by atoms with E-state index in [-0.39, 0.29) is 54.2 Å². The van der Waals surface area contributed by atoms with Gasteiger partial charge >= 0.3 is 0 Å². The summed E-state index contributed by atoms with van der Waals surface area (Å²) in [5.74, 6) is -1.03. The van der Waals surface area contributed by atoms with Crippen molar-refractivity contribution in [2.24, 2.45) is 0 Å². The summed E-state index contributed by atoms with van der Waals surface area (Å²) in [5.41, 5.74) is 1.98. The summed E-state index contributed by atoms with van der Waals surface area (Å²) in [6.45, 7) is 0.125. The van der Waals surface area contributed by atoms with Gasteiger partial charge in [0.2, 0.25) is 11.8 Å². The molecule has 214 valence electrons. The molecule has 1 heterocycles. The molecule has 1 aliphatic carbocycles. The molecule has 1 N–H and O–H groups in total. The third kappa shape index (κ3) is 6.51. The van der Waals surface area contributed by atoms with Crippen molar-refractivity contribution < 1.29 is 22.8 Å². The Bertz CT molecular complexity index is 1490. The first kappa shape index (κ1) is 28.5. The van der Waals surface area contributed by atoms with Gasteiger partial charge < -0.3 is 10.2 Å². The minimum atomic E-state index is -3.95. The zero-order valence-corrected chi connectivity index (χ0v) is 23.8. The van der Waals surface area contributed by atoms with E-state index >= 15 is 0 Å². The fourth-order valence-electron chi connectivity index (χ4n) is 5.67. The summed E-state index contributed by atoms with van der Waals surface area (Å²) in [4.78, 5) is 42.0. The van der Waals surface area contributed by atoms with E-state index in [1.165, 1.54) is 12.1 Å². The molecule has 0 bridgehead atoms. The number of nitrogens with zero attached hydrogens (tertiary/aromatic N) is 2. The summed E-state index contributed by atoms with van der Waals surface area (Å²) < 4.78 is 26.8. The maximum Gasteiger partial charge on any atom is 0.269 e. The molecule has 5 rings (SSSR count). The first-order valence-corrected chi connectivity index (χ1v) is 15.6. The van der Waals surface area contributed by atoms with Crippen LogP contribution in [0.4, 0.5) is 0 Å². The molecular weight excluding hydrogens is 538 g/mol. The molecule has 3 amide bonds. The third-order valence-corrected chi connectivity index (χ3v) is 9.67. The van der Waals surface area contributed by atoms with Crippen LogP contribution >= 0.6 is 0 Å². The van der Waals surface area contributed by atoms with E-state index in [1.807, 2.05) is 60.7 Å². The van der Waals surface area contributed by atoms with E-state index in [1.54, 1.807) is 17.0 Å². The highest BCUT2D eigenvalue weighted by molar-refractivity contribution is 7.90. The van der Waals surface area contributed by atoms with E-state index in [2.05, 4.69) is 5.32 Å². The molecule has 41 heavy (non-hydrogen) atoms. The van der Waals surface area contributed by atoms with Crippen molar-refractivity contribution in [3.8, 4) is 0 Å². The number of carbonyl (C=O) groups excluding carboxylic acids is 3. The SMILES string of the molecule is O=C(NC1CCCC1)[C@H](Cc1ccccc1)N(Cc1ccccc1)C(=O)CCCN1C(=O)c2ccccc2S1(=O)=O. The van der Waals surface area contributed by atoms with Crippen molar-refractivity contribution >= 4 is 27.7 Å². The molecule has 0 radical (unpaired) electrons. The van der Waals surface area contributed by atoms with Gasteiger partial charge in [-0.2, -0.15) is 0 Å². The fraction of sp³-hybridized carbons (Fsp3) is 0.344. The number of sulfonamides is 1. The fourth-order valence-corrected chi connectivity index (χ4v) is 7.28. The minimum Gasteiger partial charge on any atom is -0.352 e. The molecule has 8 nitrogen and oxygen atoms in total. The Morgan fingerprint density at radius 2 is 1.49 bits per heavy atom. The Hall–Kier alpha value is -3.98. The van der Waals surface area contributed by atoms with Gasteiger partial charge in [-0.15, -0.1) is 0 Å². The average Bonchev–Trinajstić information content (AvgIpc) is 3.56. The molecule has 0 spiro atoms. The second-order valence-electron chi connectivity index (χ2n) is 10.7. The van der Waals surface area contributed by atoms with E-state index in [9.17, 15) is 22.8 Å². The van der Waals surface area contributed by atoms with Crippen LogP contribution in [0.2, 0.25) is 0 Å². The van der Waals surface area contributed by atoms with Crippen LogP contribution in [0.3, 0.4) is 0 Å². The van der Waals surface area contributed by atoms with Crippen molar-refractivity contribution in [2.45, 2.75) is 68.5 Å². The molecular formula is C32H35N3O5S. The lowest BCUT2D eigenvalue weighted by atomic mass is 10.0. The summed E-state index contributed by atoms with van der Waals surface area (Å²) in [5, 5.41) is 3.18. The Balaban J connectivity index is 1.36. The Kier molecular flexibility index (Phi) is 8.83. The zero-order valence-electron chi connectivity index (χ0n) is 22.9. The van der Waals surface area contributed by atoms with E-state index in [0.717, 1.165) is 41.1 Å². The molecule has 3 aromatic carbocycles. The van der Waals surface area contributed by atoms with Crippen LogP contribution in [0.25, 0.3) is 0 Å². The second kappa shape index (κ2) is 12.7. The smallest absolute Gasteiger partial charge is 0.269 e. The van der Waals surface area contributed by atoms with E-state index in [4.69, 9.17) is 0 Å². The van der Waals surface area contributed by atoms with Crippen molar-refractivity contribution in [1.29, 1.82) is 0 Å². The topological polar surface area (TPSA) is 104 Å². The second-order valence-corrected chi connectivity index (χ2v) is 12.5. The third-order valence-electron chi connectivity index (χ3n) is 7.83. The van der Waals surface area contributed by atoms with Crippen molar-refractivity contribution in [3.63, 3.8) is 0 Å². The predicted octanol–water partition coefficient (Wildman–Crippen LogP) is 4.31. The van der Waals surface area contributed by atoms with Crippen molar-refractivity contribution in [3.05, 3.63) is 102 Å². The van der Waals surface area contributed by atoms with Crippen molar-refractivity contribution in [1.82, 2.24) is 14.5 Å². The maximum absolute atomic E-state index is 13.8. The zero-order chi connectivity index (χ0) is 28.8. The van der Waals surface area contributed by atoms with Gasteiger partial charge in [0.1, 0.15) is 10.9 Å². The number of rotatable bonds is 11. The number of hydrogen-bond donors (Lipinski definition) is 1. The molecule has 0 aromatic heterocycles. The van der Waals surface area contributed by atoms with Crippen LogP contribution in [-0.4, -0.2) is 54.0 Å². The number of carbonyl (C=O) groups is 3. The first-order valence-electron chi connectivity index (χ1n) is 14.2. The lowest BCUT2D eigenvalue weighted by Crippen LogP contribution is -2.52. The highest BCUT2D eigenvalue weighted by atomic mass is 32.2. The van der Waals surface area contributed by atoms with Crippen molar-refractivity contribution in [2.75, 3.05) is 6.54 Å². The number of nitrogens with one attached hydrogen (secondary N) is 1. The number of hydrogen-bond acceptors (Lipinski definition) is 5. The van der Waals surface area contributed by atoms with Crippen LogP contribution < -0.4 is 5.32 Å². The van der Waals surface area contributed by atoms with Gasteiger partial charge in [0.05, 0.1) is 5.56 Å². The molecule has 9 heteroatoms. The lowest BCUT2D eigenvalue weighted by molar-refractivity contribution is -0.141. The van der Waals surface area contributed by atoms with Gasteiger partial charge in [-0.3, -0.25) is 14.4 Å². The summed E-state index contributed by atoms with van der Waals surface area (Å²) in [6, 6.07) is 24.6.